The smallest absolute Gasteiger partial charge is 0.308 e. The summed E-state index contributed by atoms with van der Waals surface area (Å²) in [5, 5.41) is 3.43. The number of piperidine rings is 1. The molecule has 1 N–H and O–H groups in total. The van der Waals surface area contributed by atoms with Gasteiger partial charge in [-0.2, -0.15) is 0 Å². The van der Waals surface area contributed by atoms with Gasteiger partial charge in [0.25, 0.3) is 0 Å². The second kappa shape index (κ2) is 9.30. The minimum absolute atomic E-state index is 0.0227. The molecule has 0 radical (unpaired) electrons. The lowest BCUT2D eigenvalue weighted by Crippen LogP contribution is -2.47. The van der Waals surface area contributed by atoms with Crippen LogP contribution in [-0.2, 0) is 16.0 Å². The van der Waals surface area contributed by atoms with Crippen LogP contribution in [0.3, 0.4) is 0 Å². The highest BCUT2D eigenvalue weighted by atomic mass is 16.5. The number of ether oxygens (including phenoxy) is 1. The van der Waals surface area contributed by atoms with Crippen molar-refractivity contribution in [2.45, 2.75) is 19.3 Å². The van der Waals surface area contributed by atoms with Gasteiger partial charge in [-0.1, -0.05) is 12.1 Å². The Labute approximate surface area is 150 Å². The maximum absolute atomic E-state index is 11.6. The van der Waals surface area contributed by atoms with Crippen molar-refractivity contribution >= 4 is 17.6 Å². The first-order chi connectivity index (χ1) is 12.0. The van der Waals surface area contributed by atoms with E-state index in [-0.39, 0.29) is 11.9 Å². The fourth-order valence-corrected chi connectivity index (χ4v) is 3.11. The largest absolute Gasteiger partial charge is 0.469 e. The molecule has 0 amide bonds. The lowest BCUT2D eigenvalue weighted by Gasteiger charge is -2.33. The molecule has 6 heteroatoms. The summed E-state index contributed by atoms with van der Waals surface area (Å²) in [5.74, 6) is 0.839. The molecule has 25 heavy (non-hydrogen) atoms. The first-order valence-corrected chi connectivity index (χ1v) is 8.85. The summed E-state index contributed by atoms with van der Waals surface area (Å²) in [4.78, 5) is 20.3. The van der Waals surface area contributed by atoms with Gasteiger partial charge in [0, 0.05) is 46.5 Å². The number of likely N-dealkylation sites (tertiary alicyclic amines) is 1. The Bertz CT molecular complexity index is 576. The van der Waals surface area contributed by atoms with Gasteiger partial charge in [-0.3, -0.25) is 9.79 Å². The van der Waals surface area contributed by atoms with Crippen LogP contribution in [0.1, 0.15) is 18.4 Å². The normalized spacial score (nSPS) is 15.8. The van der Waals surface area contributed by atoms with E-state index in [2.05, 4.69) is 44.4 Å². The zero-order valence-corrected chi connectivity index (χ0v) is 15.8. The molecule has 1 heterocycles. The van der Waals surface area contributed by atoms with Gasteiger partial charge >= 0.3 is 5.97 Å². The molecule has 0 unspecified atom stereocenters. The number of carbonyl (C=O) groups excluding carboxylic acids is 1. The molecule has 1 aliphatic rings. The summed E-state index contributed by atoms with van der Waals surface area (Å²) in [7, 11) is 7.36. The Morgan fingerprint density at radius 2 is 1.92 bits per heavy atom. The molecule has 1 saturated heterocycles. The van der Waals surface area contributed by atoms with E-state index in [1.165, 1.54) is 18.4 Å². The Morgan fingerprint density at radius 3 is 2.44 bits per heavy atom. The lowest BCUT2D eigenvalue weighted by molar-refractivity contribution is -0.146. The van der Waals surface area contributed by atoms with E-state index in [1.54, 1.807) is 7.05 Å². The minimum Gasteiger partial charge on any atom is -0.469 e. The van der Waals surface area contributed by atoms with Crippen LogP contribution in [-0.4, -0.2) is 64.7 Å². The third-order valence-electron chi connectivity index (χ3n) is 4.69. The highest BCUT2D eigenvalue weighted by Gasteiger charge is 2.26. The lowest BCUT2D eigenvalue weighted by atomic mass is 9.97. The summed E-state index contributed by atoms with van der Waals surface area (Å²) >= 11 is 0. The van der Waals surface area contributed by atoms with Crippen LogP contribution < -0.4 is 10.2 Å². The van der Waals surface area contributed by atoms with Gasteiger partial charge < -0.3 is 19.9 Å². The maximum Gasteiger partial charge on any atom is 0.308 e. The van der Waals surface area contributed by atoms with E-state index in [9.17, 15) is 4.79 Å². The van der Waals surface area contributed by atoms with Gasteiger partial charge in [0.15, 0.2) is 5.96 Å². The molecule has 0 bridgehead atoms. The predicted octanol–water partition coefficient (Wildman–Crippen LogP) is 1.76. The highest BCUT2D eigenvalue weighted by Crippen LogP contribution is 2.18. The van der Waals surface area contributed by atoms with Crippen LogP contribution in [0.15, 0.2) is 29.3 Å². The van der Waals surface area contributed by atoms with E-state index < -0.39 is 0 Å². The van der Waals surface area contributed by atoms with Gasteiger partial charge in [-0.05, 0) is 37.0 Å². The van der Waals surface area contributed by atoms with Gasteiger partial charge in [-0.25, -0.2) is 0 Å². The van der Waals surface area contributed by atoms with Crippen molar-refractivity contribution < 1.29 is 9.53 Å². The fourth-order valence-electron chi connectivity index (χ4n) is 3.11. The summed E-state index contributed by atoms with van der Waals surface area (Å²) in [6.07, 6.45) is 2.59. The van der Waals surface area contributed by atoms with Crippen molar-refractivity contribution in [3.8, 4) is 0 Å². The van der Waals surface area contributed by atoms with Crippen LogP contribution in [0.25, 0.3) is 0 Å². The second-order valence-corrected chi connectivity index (χ2v) is 6.57. The molecule has 0 saturated carbocycles. The summed E-state index contributed by atoms with van der Waals surface area (Å²) < 4.78 is 4.84. The van der Waals surface area contributed by atoms with Crippen molar-refractivity contribution in [3.05, 3.63) is 29.8 Å². The van der Waals surface area contributed by atoms with Crippen LogP contribution >= 0.6 is 0 Å². The molecular weight excluding hydrogens is 316 g/mol. The molecule has 1 aliphatic heterocycles. The Morgan fingerprint density at radius 1 is 1.28 bits per heavy atom. The number of rotatable bonds is 5. The minimum atomic E-state index is -0.0937. The number of nitrogens with zero attached hydrogens (tertiary/aromatic N) is 3. The monoisotopic (exact) mass is 346 g/mol. The molecule has 0 spiro atoms. The fraction of sp³-hybridized carbons (Fsp3) is 0.579. The average Bonchev–Trinajstić information content (AvgIpc) is 2.65. The number of nitrogens with one attached hydrogen (secondary N) is 1. The standard InChI is InChI=1S/C19H30N4O2/c1-20-19(23-13-10-16(11-14-23)18(24)25-4)21-12-9-15-5-7-17(8-6-15)22(2)3/h5-8,16H,9-14H2,1-4H3,(H,20,21). The molecule has 2 rings (SSSR count). The molecule has 0 aromatic heterocycles. The zero-order valence-electron chi connectivity index (χ0n) is 15.8. The molecule has 0 atom stereocenters. The van der Waals surface area contributed by atoms with Gasteiger partial charge in [0.2, 0.25) is 0 Å². The van der Waals surface area contributed by atoms with Gasteiger partial charge in [0.1, 0.15) is 0 Å². The van der Waals surface area contributed by atoms with E-state index in [1.807, 2.05) is 14.1 Å². The maximum atomic E-state index is 11.6. The van der Waals surface area contributed by atoms with Crippen LogP contribution in [0.5, 0.6) is 0 Å². The Hall–Kier alpha value is -2.24. The SMILES string of the molecule is CN=C(NCCc1ccc(N(C)C)cc1)N1CCC(C(=O)OC)CC1. The molecule has 1 fully saturated rings. The third-order valence-corrected chi connectivity index (χ3v) is 4.69. The molecule has 6 nitrogen and oxygen atoms in total. The first-order valence-electron chi connectivity index (χ1n) is 8.85. The number of guanidine groups is 1. The predicted molar refractivity (Wildman–Crippen MR) is 102 cm³/mol. The number of hydrogen-bond donors (Lipinski definition) is 1. The van der Waals surface area contributed by atoms with Crippen molar-refractivity contribution in [1.29, 1.82) is 0 Å². The summed E-state index contributed by atoms with van der Waals surface area (Å²) in [6.45, 7) is 2.50. The van der Waals surface area contributed by atoms with E-state index in [0.717, 1.165) is 44.9 Å². The number of methoxy groups -OCH3 is 1. The quantitative estimate of drug-likeness (QED) is 0.500. The van der Waals surface area contributed by atoms with Gasteiger partial charge in [0.05, 0.1) is 13.0 Å². The van der Waals surface area contributed by atoms with Crippen molar-refractivity contribution in [1.82, 2.24) is 10.2 Å². The number of benzene rings is 1. The van der Waals surface area contributed by atoms with Crippen LogP contribution in [0, 0.1) is 5.92 Å². The molecule has 1 aromatic carbocycles. The molecule has 138 valence electrons. The summed E-state index contributed by atoms with van der Waals surface area (Å²) in [6, 6.07) is 8.62. The number of hydrogen-bond acceptors (Lipinski definition) is 4. The molecule has 1 aromatic rings. The van der Waals surface area contributed by atoms with Crippen molar-refractivity contribution in [2.75, 3.05) is 52.8 Å². The topological polar surface area (TPSA) is 57.2 Å². The van der Waals surface area contributed by atoms with Crippen molar-refractivity contribution in [2.24, 2.45) is 10.9 Å². The number of anilines is 1. The van der Waals surface area contributed by atoms with Crippen LogP contribution in [0.4, 0.5) is 5.69 Å². The second-order valence-electron chi connectivity index (χ2n) is 6.57. The van der Waals surface area contributed by atoms with Crippen LogP contribution in [0.2, 0.25) is 0 Å². The number of carbonyl (C=O) groups is 1. The van der Waals surface area contributed by atoms with E-state index in [4.69, 9.17) is 4.74 Å². The zero-order chi connectivity index (χ0) is 18.2. The number of aliphatic imine (C=N–C) groups is 1. The molecule has 0 aliphatic carbocycles. The summed E-state index contributed by atoms with van der Waals surface area (Å²) in [5.41, 5.74) is 2.51. The number of esters is 1. The third kappa shape index (κ3) is 5.37. The Balaban J connectivity index is 1.78. The van der Waals surface area contributed by atoms with Crippen molar-refractivity contribution in [3.63, 3.8) is 0 Å². The van der Waals surface area contributed by atoms with Gasteiger partial charge in [-0.15, -0.1) is 0 Å². The van der Waals surface area contributed by atoms with E-state index >= 15 is 0 Å². The molecular formula is C19H30N4O2. The van der Waals surface area contributed by atoms with E-state index in [0.29, 0.717) is 0 Å². The Kier molecular flexibility index (Phi) is 7.10. The first kappa shape index (κ1) is 19.1. The average molecular weight is 346 g/mol. The highest BCUT2D eigenvalue weighted by molar-refractivity contribution is 5.80.